The highest BCUT2D eigenvalue weighted by Gasteiger charge is 2.33. The van der Waals surface area contributed by atoms with E-state index in [9.17, 15) is 0 Å². The molecule has 0 unspecified atom stereocenters. The van der Waals surface area contributed by atoms with E-state index in [1.807, 2.05) is 10.7 Å². The Kier molecular flexibility index (Phi) is 5.42. The predicted octanol–water partition coefficient (Wildman–Crippen LogP) is 2.23. The van der Waals surface area contributed by atoms with Crippen molar-refractivity contribution in [2.45, 2.75) is 12.6 Å². The molecule has 3 aliphatic heterocycles. The standard InChI is InChI=1S/C26H31N7O2/c1-2-21(22-4-5-27-23(22)3-1)24-15-26(32-8-12-35-13-9-32)33-25(28-24)14-19(29-33)16-30-17-20(18-30)31-6-10-34-11-7-31/h1-5,14-15,20,27H,6-13,16-18H2. The van der Waals surface area contributed by atoms with Gasteiger partial charge in [0.2, 0.25) is 0 Å². The van der Waals surface area contributed by atoms with Crippen LogP contribution < -0.4 is 4.90 Å². The first-order valence-electron chi connectivity index (χ1n) is 12.6. The lowest BCUT2D eigenvalue weighted by molar-refractivity contribution is -0.0347. The molecule has 0 aliphatic carbocycles. The molecule has 1 N–H and O–H groups in total. The van der Waals surface area contributed by atoms with Gasteiger partial charge in [0.1, 0.15) is 5.82 Å². The first-order chi connectivity index (χ1) is 17.3. The lowest BCUT2D eigenvalue weighted by Crippen LogP contribution is -2.60. The molecule has 0 radical (unpaired) electrons. The largest absolute Gasteiger partial charge is 0.379 e. The maximum Gasteiger partial charge on any atom is 0.158 e. The monoisotopic (exact) mass is 473 g/mol. The summed E-state index contributed by atoms with van der Waals surface area (Å²) in [4.78, 5) is 15.8. The van der Waals surface area contributed by atoms with Crippen molar-refractivity contribution in [1.82, 2.24) is 29.4 Å². The number of nitrogens with one attached hydrogen (secondary N) is 1. The predicted molar refractivity (Wildman–Crippen MR) is 135 cm³/mol. The number of morpholine rings is 2. The highest BCUT2D eigenvalue weighted by atomic mass is 16.5. The molecule has 7 rings (SSSR count). The Morgan fingerprint density at radius 2 is 1.74 bits per heavy atom. The Balaban J connectivity index is 1.20. The van der Waals surface area contributed by atoms with Crippen LogP contribution in [0.3, 0.4) is 0 Å². The number of hydrogen-bond acceptors (Lipinski definition) is 7. The van der Waals surface area contributed by atoms with E-state index < -0.39 is 0 Å². The third-order valence-electron chi connectivity index (χ3n) is 7.55. The highest BCUT2D eigenvalue weighted by Crippen LogP contribution is 2.31. The quantitative estimate of drug-likeness (QED) is 0.477. The van der Waals surface area contributed by atoms with Gasteiger partial charge >= 0.3 is 0 Å². The molecule has 0 spiro atoms. The normalized spacial score (nSPS) is 20.6. The van der Waals surface area contributed by atoms with E-state index in [4.69, 9.17) is 19.6 Å². The minimum absolute atomic E-state index is 0.645. The molecule has 9 nitrogen and oxygen atoms in total. The molecular formula is C26H31N7O2. The number of anilines is 1. The van der Waals surface area contributed by atoms with E-state index in [1.54, 1.807) is 0 Å². The fourth-order valence-corrected chi connectivity index (χ4v) is 5.62. The maximum absolute atomic E-state index is 5.63. The summed E-state index contributed by atoms with van der Waals surface area (Å²) in [7, 11) is 0. The van der Waals surface area contributed by atoms with Crippen LogP contribution in [-0.2, 0) is 16.0 Å². The van der Waals surface area contributed by atoms with E-state index in [0.717, 1.165) is 106 Å². The number of H-pyrrole nitrogens is 1. The Morgan fingerprint density at radius 1 is 0.943 bits per heavy atom. The number of aromatic amines is 1. The van der Waals surface area contributed by atoms with E-state index in [0.29, 0.717) is 6.04 Å². The van der Waals surface area contributed by atoms with Crippen molar-refractivity contribution >= 4 is 22.4 Å². The fourth-order valence-electron chi connectivity index (χ4n) is 5.62. The molecule has 182 valence electrons. The topological polar surface area (TPSA) is 74.2 Å². The number of nitrogens with zero attached hydrogens (tertiary/aromatic N) is 6. The molecule has 35 heavy (non-hydrogen) atoms. The summed E-state index contributed by atoms with van der Waals surface area (Å²) < 4.78 is 13.2. The number of likely N-dealkylation sites (tertiary alicyclic amines) is 1. The second kappa shape index (κ2) is 8.91. The molecule has 3 aliphatic rings. The van der Waals surface area contributed by atoms with Crippen LogP contribution in [0.25, 0.3) is 27.8 Å². The van der Waals surface area contributed by atoms with Crippen molar-refractivity contribution in [2.75, 3.05) is 70.6 Å². The Morgan fingerprint density at radius 3 is 2.57 bits per heavy atom. The zero-order valence-corrected chi connectivity index (χ0v) is 19.9. The molecule has 3 aromatic heterocycles. The summed E-state index contributed by atoms with van der Waals surface area (Å²) in [6.07, 6.45) is 1.99. The van der Waals surface area contributed by atoms with Crippen LogP contribution in [0.2, 0.25) is 0 Å². The van der Waals surface area contributed by atoms with Gasteiger partial charge in [0, 0.05) is 86.7 Å². The van der Waals surface area contributed by atoms with Gasteiger partial charge in [0.25, 0.3) is 0 Å². The first-order valence-corrected chi connectivity index (χ1v) is 12.6. The summed E-state index contributed by atoms with van der Waals surface area (Å²) in [5.41, 5.74) is 5.21. The third kappa shape index (κ3) is 3.98. The average Bonchev–Trinajstić information content (AvgIpc) is 3.53. The zero-order chi connectivity index (χ0) is 23.2. The zero-order valence-electron chi connectivity index (χ0n) is 19.9. The average molecular weight is 474 g/mol. The SMILES string of the molecule is c1cc(-c2cc(N3CCOCC3)n3nc(CN4CC(N5CCOCC5)C4)cc3n2)c2cc[nH]c2c1. The van der Waals surface area contributed by atoms with Crippen LogP contribution in [0.1, 0.15) is 5.69 Å². The van der Waals surface area contributed by atoms with Gasteiger partial charge in [-0.25, -0.2) is 4.98 Å². The molecule has 3 fully saturated rings. The highest BCUT2D eigenvalue weighted by molar-refractivity contribution is 5.94. The number of fused-ring (bicyclic) bond motifs is 2. The summed E-state index contributed by atoms with van der Waals surface area (Å²) >= 11 is 0. The minimum atomic E-state index is 0.645. The van der Waals surface area contributed by atoms with Crippen LogP contribution in [0.5, 0.6) is 0 Å². The van der Waals surface area contributed by atoms with Gasteiger partial charge in [-0.05, 0) is 12.1 Å². The van der Waals surface area contributed by atoms with Crippen LogP contribution in [-0.4, -0.2) is 101 Å². The second-order valence-electron chi connectivity index (χ2n) is 9.75. The van der Waals surface area contributed by atoms with Crippen LogP contribution in [0, 0.1) is 0 Å². The minimum Gasteiger partial charge on any atom is -0.379 e. The van der Waals surface area contributed by atoms with Crippen molar-refractivity contribution in [3.63, 3.8) is 0 Å². The van der Waals surface area contributed by atoms with Gasteiger partial charge in [0.15, 0.2) is 5.65 Å². The van der Waals surface area contributed by atoms with Crippen molar-refractivity contribution in [2.24, 2.45) is 0 Å². The van der Waals surface area contributed by atoms with Crippen molar-refractivity contribution in [3.05, 3.63) is 48.3 Å². The molecule has 9 heteroatoms. The van der Waals surface area contributed by atoms with Crippen molar-refractivity contribution in [3.8, 4) is 11.3 Å². The van der Waals surface area contributed by atoms with Crippen molar-refractivity contribution < 1.29 is 9.47 Å². The number of rotatable bonds is 5. The first kappa shape index (κ1) is 21.3. The molecule has 1 aromatic carbocycles. The Labute approximate surface area is 204 Å². The Hall–Kier alpha value is -2.98. The third-order valence-corrected chi connectivity index (χ3v) is 7.55. The molecule has 4 aromatic rings. The van der Waals surface area contributed by atoms with Crippen molar-refractivity contribution in [1.29, 1.82) is 0 Å². The molecule has 6 heterocycles. The van der Waals surface area contributed by atoms with Gasteiger partial charge in [-0.15, -0.1) is 0 Å². The van der Waals surface area contributed by atoms with E-state index in [-0.39, 0.29) is 0 Å². The van der Waals surface area contributed by atoms with E-state index >= 15 is 0 Å². The fraction of sp³-hybridized carbons (Fsp3) is 0.462. The molecule has 0 bridgehead atoms. The summed E-state index contributed by atoms with van der Waals surface area (Å²) in [6, 6.07) is 13.5. The molecule has 0 saturated carbocycles. The maximum atomic E-state index is 5.63. The van der Waals surface area contributed by atoms with Crippen LogP contribution >= 0.6 is 0 Å². The summed E-state index contributed by atoms with van der Waals surface area (Å²) in [5, 5.41) is 6.21. The van der Waals surface area contributed by atoms with E-state index in [1.165, 1.54) is 5.39 Å². The number of aromatic nitrogens is 4. The van der Waals surface area contributed by atoms with Gasteiger partial charge in [0.05, 0.1) is 37.8 Å². The molecular weight excluding hydrogens is 442 g/mol. The Bertz CT molecular complexity index is 1330. The van der Waals surface area contributed by atoms with Gasteiger partial charge in [-0.1, -0.05) is 12.1 Å². The lowest BCUT2D eigenvalue weighted by Gasteiger charge is -2.46. The second-order valence-corrected chi connectivity index (χ2v) is 9.75. The van der Waals surface area contributed by atoms with Gasteiger partial charge in [-0.3, -0.25) is 9.80 Å². The number of benzene rings is 1. The van der Waals surface area contributed by atoms with Crippen LogP contribution in [0.4, 0.5) is 5.82 Å². The number of ether oxygens (including phenoxy) is 2. The van der Waals surface area contributed by atoms with Gasteiger partial charge in [-0.2, -0.15) is 9.61 Å². The molecule has 0 amide bonds. The molecule has 0 atom stereocenters. The van der Waals surface area contributed by atoms with Gasteiger partial charge < -0.3 is 19.4 Å². The van der Waals surface area contributed by atoms with E-state index in [2.05, 4.69) is 56.1 Å². The summed E-state index contributed by atoms with van der Waals surface area (Å²) in [5.74, 6) is 1.09. The smallest absolute Gasteiger partial charge is 0.158 e. The molecule has 3 saturated heterocycles. The number of hydrogen-bond donors (Lipinski definition) is 1. The lowest BCUT2D eigenvalue weighted by atomic mass is 10.1. The van der Waals surface area contributed by atoms with Crippen LogP contribution in [0.15, 0.2) is 42.6 Å². The summed E-state index contributed by atoms with van der Waals surface area (Å²) in [6.45, 7) is 10.0.